The molecule has 0 spiro atoms. The molecule has 2 aromatic heterocycles. The lowest BCUT2D eigenvalue weighted by atomic mass is 10.1. The fourth-order valence-corrected chi connectivity index (χ4v) is 4.35. The maximum Gasteiger partial charge on any atom is 0.419 e. The lowest BCUT2D eigenvalue weighted by molar-refractivity contribution is -0.138. The third-order valence-corrected chi connectivity index (χ3v) is 6.33. The van der Waals surface area contributed by atoms with E-state index in [4.69, 9.17) is 0 Å². The molecule has 38 heavy (non-hydrogen) atoms. The number of hydrogen-bond donors (Lipinski definition) is 2. The molecule has 3 heterocycles. The van der Waals surface area contributed by atoms with Gasteiger partial charge in [0.05, 0.1) is 16.6 Å². The van der Waals surface area contributed by atoms with Gasteiger partial charge in [-0.25, -0.2) is 15.0 Å². The summed E-state index contributed by atoms with van der Waals surface area (Å²) in [5, 5.41) is 3.80. The van der Waals surface area contributed by atoms with Crippen LogP contribution in [0.3, 0.4) is 0 Å². The van der Waals surface area contributed by atoms with E-state index in [-0.39, 0.29) is 17.4 Å². The number of H-pyrrole nitrogens is 1. The van der Waals surface area contributed by atoms with Crippen molar-refractivity contribution in [2.24, 2.45) is 0 Å². The molecule has 196 valence electrons. The maximum atomic E-state index is 13.2. The lowest BCUT2D eigenvalue weighted by Gasteiger charge is -2.34. The van der Waals surface area contributed by atoms with E-state index in [1.54, 1.807) is 34.9 Å². The molecule has 1 saturated heterocycles. The summed E-state index contributed by atoms with van der Waals surface area (Å²) in [4.78, 5) is 43.7. The Hall–Kier alpha value is -4.48. The summed E-state index contributed by atoms with van der Waals surface area (Å²) in [5.41, 5.74) is 1.61. The highest BCUT2D eigenvalue weighted by Gasteiger charge is 2.32. The van der Waals surface area contributed by atoms with Crippen molar-refractivity contribution in [2.75, 3.05) is 36.4 Å². The third-order valence-electron chi connectivity index (χ3n) is 6.33. The number of nitrogens with zero attached hydrogens (tertiary/aromatic N) is 5. The van der Waals surface area contributed by atoms with Crippen LogP contribution in [0.4, 0.5) is 24.8 Å². The predicted molar refractivity (Wildman–Crippen MR) is 136 cm³/mol. The standard InChI is InChI=1S/C26H24F3N7O2/c1-16-33-22-20(23(37)34-16)6-3-7-21(22)30-13-17-4-2-5-18(12-17)24(38)35-8-10-36(11-9-35)25-31-14-19(15-32-25)26(27,28)29/h2-7,12,14-15,30H,8-11,13H2,1H3,(H,33,34,37). The minimum absolute atomic E-state index is 0.131. The third kappa shape index (κ3) is 5.29. The van der Waals surface area contributed by atoms with Gasteiger partial charge in [0.1, 0.15) is 11.3 Å². The molecular weight excluding hydrogens is 499 g/mol. The zero-order valence-electron chi connectivity index (χ0n) is 20.4. The van der Waals surface area contributed by atoms with E-state index >= 15 is 0 Å². The second kappa shape index (κ2) is 10.1. The van der Waals surface area contributed by atoms with E-state index in [1.807, 2.05) is 24.3 Å². The minimum atomic E-state index is -4.49. The number of para-hydroxylation sites is 1. The fourth-order valence-electron chi connectivity index (χ4n) is 4.35. The number of benzene rings is 2. The number of amides is 1. The number of piperazine rings is 1. The molecule has 5 rings (SSSR count). The number of carbonyl (C=O) groups is 1. The number of aromatic amines is 1. The number of hydrogen-bond acceptors (Lipinski definition) is 7. The van der Waals surface area contributed by atoms with Crippen molar-refractivity contribution in [1.29, 1.82) is 0 Å². The Bertz CT molecular complexity index is 1530. The quantitative estimate of drug-likeness (QED) is 0.412. The first-order valence-electron chi connectivity index (χ1n) is 11.9. The van der Waals surface area contributed by atoms with Crippen LogP contribution in [0.25, 0.3) is 10.9 Å². The average molecular weight is 524 g/mol. The number of rotatable bonds is 5. The first-order valence-corrected chi connectivity index (χ1v) is 11.9. The molecule has 0 aliphatic carbocycles. The number of anilines is 2. The van der Waals surface area contributed by atoms with Gasteiger partial charge in [-0.3, -0.25) is 9.59 Å². The van der Waals surface area contributed by atoms with Crippen molar-refractivity contribution in [3.05, 3.63) is 87.7 Å². The molecule has 0 bridgehead atoms. The van der Waals surface area contributed by atoms with Gasteiger partial charge < -0.3 is 20.1 Å². The first kappa shape index (κ1) is 25.2. The highest BCUT2D eigenvalue weighted by molar-refractivity contribution is 5.94. The number of carbonyl (C=O) groups excluding carboxylic acids is 1. The molecule has 0 atom stereocenters. The van der Waals surface area contributed by atoms with Crippen LogP contribution >= 0.6 is 0 Å². The number of nitrogens with one attached hydrogen (secondary N) is 2. The number of aryl methyl sites for hydroxylation is 1. The molecule has 0 unspecified atom stereocenters. The molecule has 12 heteroatoms. The Kier molecular flexibility index (Phi) is 6.70. The van der Waals surface area contributed by atoms with Gasteiger partial charge in [0.15, 0.2) is 0 Å². The van der Waals surface area contributed by atoms with Gasteiger partial charge in [-0.1, -0.05) is 18.2 Å². The van der Waals surface area contributed by atoms with E-state index in [9.17, 15) is 22.8 Å². The molecule has 2 N–H and O–H groups in total. The summed E-state index contributed by atoms with van der Waals surface area (Å²) < 4.78 is 38.3. The molecule has 0 saturated carbocycles. The minimum Gasteiger partial charge on any atom is -0.379 e. The van der Waals surface area contributed by atoms with Crippen molar-refractivity contribution in [1.82, 2.24) is 24.8 Å². The van der Waals surface area contributed by atoms with Gasteiger partial charge in [-0.2, -0.15) is 13.2 Å². The fraction of sp³-hybridized carbons (Fsp3) is 0.269. The van der Waals surface area contributed by atoms with Crippen LogP contribution in [0.15, 0.2) is 59.7 Å². The van der Waals surface area contributed by atoms with Gasteiger partial charge in [0.2, 0.25) is 5.95 Å². The SMILES string of the molecule is Cc1nc2c(NCc3cccc(C(=O)N4CCN(c5ncc(C(F)(F)F)cn5)CC4)c3)cccc2c(=O)[nH]1. The van der Waals surface area contributed by atoms with E-state index in [2.05, 4.69) is 25.3 Å². The largest absolute Gasteiger partial charge is 0.419 e. The normalized spacial score (nSPS) is 14.1. The topological polar surface area (TPSA) is 107 Å². The number of alkyl halides is 3. The summed E-state index contributed by atoms with van der Waals surface area (Å²) in [6, 6.07) is 12.6. The molecular formula is C26H24F3N7O2. The van der Waals surface area contributed by atoms with E-state index in [1.165, 1.54) is 0 Å². The first-order chi connectivity index (χ1) is 18.2. The van der Waals surface area contributed by atoms with Gasteiger partial charge in [-0.05, 0) is 36.8 Å². The molecule has 1 fully saturated rings. The number of aromatic nitrogens is 4. The summed E-state index contributed by atoms with van der Waals surface area (Å²) in [6.07, 6.45) is -2.95. The van der Waals surface area contributed by atoms with Crippen LogP contribution in [0.2, 0.25) is 0 Å². The average Bonchev–Trinajstić information content (AvgIpc) is 2.91. The van der Waals surface area contributed by atoms with Gasteiger partial charge in [0.25, 0.3) is 11.5 Å². The molecule has 1 aliphatic heterocycles. The van der Waals surface area contributed by atoms with E-state index in [0.29, 0.717) is 55.0 Å². The van der Waals surface area contributed by atoms with Gasteiger partial charge in [0, 0.05) is 50.7 Å². The second-order valence-corrected chi connectivity index (χ2v) is 8.96. The van der Waals surface area contributed by atoms with Crippen LogP contribution in [0, 0.1) is 6.92 Å². The van der Waals surface area contributed by atoms with Gasteiger partial charge >= 0.3 is 6.18 Å². The zero-order valence-corrected chi connectivity index (χ0v) is 20.4. The van der Waals surface area contributed by atoms with Crippen molar-refractivity contribution < 1.29 is 18.0 Å². The monoisotopic (exact) mass is 523 g/mol. The van der Waals surface area contributed by atoms with E-state index in [0.717, 1.165) is 23.6 Å². The molecule has 1 amide bonds. The second-order valence-electron chi connectivity index (χ2n) is 8.96. The zero-order chi connectivity index (χ0) is 26.9. The Morgan fingerprint density at radius 3 is 2.47 bits per heavy atom. The highest BCUT2D eigenvalue weighted by Crippen LogP contribution is 2.28. The number of halogens is 3. The molecule has 2 aromatic carbocycles. The molecule has 4 aromatic rings. The molecule has 1 aliphatic rings. The maximum absolute atomic E-state index is 13.2. The Balaban J connectivity index is 1.22. The van der Waals surface area contributed by atoms with Crippen LogP contribution in [0.1, 0.15) is 27.3 Å². The van der Waals surface area contributed by atoms with Gasteiger partial charge in [-0.15, -0.1) is 0 Å². The summed E-state index contributed by atoms with van der Waals surface area (Å²) in [5.74, 6) is 0.599. The van der Waals surface area contributed by atoms with Crippen molar-refractivity contribution in [3.63, 3.8) is 0 Å². The highest BCUT2D eigenvalue weighted by atomic mass is 19.4. The lowest BCUT2D eigenvalue weighted by Crippen LogP contribution is -2.49. The molecule has 0 radical (unpaired) electrons. The Labute approximate surface area is 215 Å². The molecule has 9 nitrogen and oxygen atoms in total. The smallest absolute Gasteiger partial charge is 0.379 e. The Morgan fingerprint density at radius 1 is 1.05 bits per heavy atom. The van der Waals surface area contributed by atoms with E-state index < -0.39 is 11.7 Å². The van der Waals surface area contributed by atoms with Crippen molar-refractivity contribution in [2.45, 2.75) is 19.6 Å². The summed E-state index contributed by atoms with van der Waals surface area (Å²) >= 11 is 0. The van der Waals surface area contributed by atoms with Crippen LogP contribution in [-0.4, -0.2) is 56.9 Å². The van der Waals surface area contributed by atoms with Crippen LogP contribution in [-0.2, 0) is 12.7 Å². The Morgan fingerprint density at radius 2 is 1.76 bits per heavy atom. The summed E-state index contributed by atoms with van der Waals surface area (Å²) in [6.45, 7) is 3.74. The van der Waals surface area contributed by atoms with Crippen molar-refractivity contribution in [3.8, 4) is 0 Å². The predicted octanol–water partition coefficient (Wildman–Crippen LogP) is 3.61. The summed E-state index contributed by atoms with van der Waals surface area (Å²) in [7, 11) is 0. The van der Waals surface area contributed by atoms with Crippen LogP contribution in [0.5, 0.6) is 0 Å². The number of fused-ring (bicyclic) bond motifs is 1. The van der Waals surface area contributed by atoms with Crippen molar-refractivity contribution >= 4 is 28.4 Å². The van der Waals surface area contributed by atoms with Crippen LogP contribution < -0.4 is 15.8 Å².